The van der Waals surface area contributed by atoms with Gasteiger partial charge in [-0.2, -0.15) is 0 Å². The molecule has 2 aliphatic rings. The minimum atomic E-state index is -1.09. The van der Waals surface area contributed by atoms with E-state index in [1.54, 1.807) is 6.92 Å². The van der Waals surface area contributed by atoms with Gasteiger partial charge in [-0.3, -0.25) is 19.3 Å². The fourth-order valence-electron chi connectivity index (χ4n) is 5.02. The maximum atomic E-state index is 13.5. The summed E-state index contributed by atoms with van der Waals surface area (Å²) >= 11 is 0. The summed E-state index contributed by atoms with van der Waals surface area (Å²) in [5.74, 6) is -1.30. The van der Waals surface area contributed by atoms with Crippen molar-refractivity contribution < 1.29 is 33.8 Å². The van der Waals surface area contributed by atoms with Crippen LogP contribution in [0.25, 0.3) is 11.4 Å². The Labute approximate surface area is 256 Å². The van der Waals surface area contributed by atoms with Crippen molar-refractivity contribution >= 4 is 29.7 Å². The van der Waals surface area contributed by atoms with Crippen LogP contribution < -0.4 is 10.6 Å². The summed E-state index contributed by atoms with van der Waals surface area (Å²) in [4.78, 5) is 64.9. The van der Waals surface area contributed by atoms with E-state index in [1.165, 1.54) is 15.9 Å². The largest absolute Gasteiger partial charge is 0.481 e. The number of carbonyl (C=O) groups excluding carboxylic acids is 3. The third-order valence-electron chi connectivity index (χ3n) is 7.42. The molecule has 1 aromatic heterocycles. The number of nitrogens with zero attached hydrogens (tertiary/aromatic N) is 5. The minimum absolute atomic E-state index is 0.0507. The number of nitrogens with one attached hydrogen (secondary N) is 2. The number of aromatic nitrogens is 2. The maximum Gasteiger partial charge on any atom is 0.409 e. The summed E-state index contributed by atoms with van der Waals surface area (Å²) in [6.45, 7) is 7.80. The average molecular weight is 612 g/mol. The molecule has 1 atom stereocenters. The van der Waals surface area contributed by atoms with Gasteiger partial charge in [0.1, 0.15) is 17.6 Å². The lowest BCUT2D eigenvalue weighted by atomic mass is 10.1. The van der Waals surface area contributed by atoms with E-state index in [4.69, 9.17) is 9.47 Å². The normalized spacial score (nSPS) is 16.2. The van der Waals surface area contributed by atoms with E-state index in [0.29, 0.717) is 18.2 Å². The molecule has 0 radical (unpaired) electrons. The van der Waals surface area contributed by atoms with E-state index in [1.807, 2.05) is 30.3 Å². The summed E-state index contributed by atoms with van der Waals surface area (Å²) in [5, 5.41) is 15.3. The van der Waals surface area contributed by atoms with Gasteiger partial charge < -0.3 is 35.0 Å². The molecular weight excluding hydrogens is 570 g/mol. The Morgan fingerprint density at radius 1 is 1.00 bits per heavy atom. The second-order valence-corrected chi connectivity index (χ2v) is 10.5. The Kier molecular flexibility index (Phi) is 12.2. The predicted molar refractivity (Wildman–Crippen MR) is 161 cm³/mol. The fraction of sp³-hybridized carbons (Fsp3) is 0.533. The molecule has 2 aromatic rings. The van der Waals surface area contributed by atoms with Crippen molar-refractivity contribution in [3.05, 3.63) is 42.1 Å². The molecule has 0 unspecified atom stereocenters. The van der Waals surface area contributed by atoms with Gasteiger partial charge >= 0.3 is 12.1 Å². The van der Waals surface area contributed by atoms with Gasteiger partial charge in [0.25, 0.3) is 5.91 Å². The number of amides is 3. The van der Waals surface area contributed by atoms with Crippen LogP contribution in [0.1, 0.15) is 36.7 Å². The molecule has 2 aliphatic heterocycles. The van der Waals surface area contributed by atoms with Crippen LogP contribution in [-0.2, 0) is 19.1 Å². The summed E-state index contributed by atoms with van der Waals surface area (Å²) in [6, 6.07) is 9.70. The van der Waals surface area contributed by atoms with Gasteiger partial charge in [0.2, 0.25) is 5.91 Å². The first-order valence-electron chi connectivity index (χ1n) is 15.1. The third-order valence-corrected chi connectivity index (χ3v) is 7.42. The highest BCUT2D eigenvalue weighted by molar-refractivity contribution is 5.97. The Morgan fingerprint density at radius 3 is 2.39 bits per heavy atom. The zero-order valence-corrected chi connectivity index (χ0v) is 25.1. The number of benzene rings is 1. The summed E-state index contributed by atoms with van der Waals surface area (Å²) in [7, 11) is 0. The van der Waals surface area contributed by atoms with Crippen LogP contribution in [0.15, 0.2) is 36.4 Å². The van der Waals surface area contributed by atoms with E-state index >= 15 is 0 Å². The van der Waals surface area contributed by atoms with E-state index in [0.717, 1.165) is 44.8 Å². The van der Waals surface area contributed by atoms with Crippen molar-refractivity contribution in [3.63, 3.8) is 0 Å². The van der Waals surface area contributed by atoms with Crippen LogP contribution in [0, 0.1) is 0 Å². The van der Waals surface area contributed by atoms with Gasteiger partial charge in [-0.15, -0.1) is 0 Å². The van der Waals surface area contributed by atoms with Gasteiger partial charge in [-0.25, -0.2) is 14.8 Å². The molecule has 0 spiro atoms. The monoisotopic (exact) mass is 611 g/mol. The molecule has 3 N–H and O–H groups in total. The van der Waals surface area contributed by atoms with Crippen molar-refractivity contribution in [2.75, 3.05) is 77.5 Å². The van der Waals surface area contributed by atoms with Crippen molar-refractivity contribution in [3.8, 4) is 11.4 Å². The smallest absolute Gasteiger partial charge is 0.409 e. The SMILES string of the molecule is CCOC(=O)N1CCN(C(=O)[C@H](CCC(=O)O)NC(=O)c2cc(NCCCN3CCOCC3)nc(-c3ccccc3)n2)CC1. The Bertz CT molecular complexity index is 1270. The molecular formula is C30H41N7O7. The Hall–Kier alpha value is -4.30. The Morgan fingerprint density at radius 2 is 1.70 bits per heavy atom. The lowest BCUT2D eigenvalue weighted by molar-refractivity contribution is -0.138. The number of anilines is 1. The second-order valence-electron chi connectivity index (χ2n) is 10.5. The molecule has 3 amide bonds. The number of hydrogen-bond acceptors (Lipinski definition) is 10. The molecule has 1 aromatic carbocycles. The highest BCUT2D eigenvalue weighted by Gasteiger charge is 2.31. The number of piperazine rings is 1. The number of carbonyl (C=O) groups is 4. The van der Waals surface area contributed by atoms with Crippen molar-refractivity contribution in [2.45, 2.75) is 32.2 Å². The molecule has 238 valence electrons. The summed E-state index contributed by atoms with van der Waals surface area (Å²) in [5.41, 5.74) is 0.770. The number of carboxylic acid groups (broad SMARTS) is 1. The van der Waals surface area contributed by atoms with Crippen molar-refractivity contribution in [2.24, 2.45) is 0 Å². The van der Waals surface area contributed by atoms with Crippen LogP contribution >= 0.6 is 0 Å². The molecule has 4 rings (SSSR count). The Balaban J connectivity index is 1.46. The van der Waals surface area contributed by atoms with Gasteiger partial charge in [-0.1, -0.05) is 30.3 Å². The lowest BCUT2D eigenvalue weighted by Gasteiger charge is -2.35. The molecule has 14 nitrogen and oxygen atoms in total. The number of carboxylic acids is 1. The van der Waals surface area contributed by atoms with Gasteiger partial charge in [-0.05, 0) is 26.3 Å². The van der Waals surface area contributed by atoms with Crippen molar-refractivity contribution in [1.29, 1.82) is 0 Å². The quantitative estimate of drug-likeness (QED) is 0.281. The van der Waals surface area contributed by atoms with Gasteiger partial charge in [0, 0.05) is 63.9 Å². The topological polar surface area (TPSA) is 167 Å². The van der Waals surface area contributed by atoms with Crippen LogP contribution in [0.3, 0.4) is 0 Å². The summed E-state index contributed by atoms with van der Waals surface area (Å²) in [6.07, 6.45) is 0.00995. The van der Waals surface area contributed by atoms with Gasteiger partial charge in [0.05, 0.1) is 19.8 Å². The molecule has 2 fully saturated rings. The second kappa shape index (κ2) is 16.5. The molecule has 14 heteroatoms. The number of morpholine rings is 1. The first kappa shape index (κ1) is 32.6. The van der Waals surface area contributed by atoms with Gasteiger partial charge in [0.15, 0.2) is 5.82 Å². The predicted octanol–water partition coefficient (Wildman–Crippen LogP) is 1.54. The van der Waals surface area contributed by atoms with Crippen LogP contribution in [0.4, 0.5) is 10.6 Å². The van der Waals surface area contributed by atoms with E-state index in [-0.39, 0.29) is 51.3 Å². The first-order valence-corrected chi connectivity index (χ1v) is 15.1. The molecule has 0 bridgehead atoms. The molecule has 3 heterocycles. The van der Waals surface area contributed by atoms with E-state index in [2.05, 4.69) is 25.5 Å². The fourth-order valence-corrected chi connectivity index (χ4v) is 5.02. The van der Waals surface area contributed by atoms with Crippen LogP contribution in [-0.4, -0.2) is 132 Å². The number of ether oxygens (including phenoxy) is 2. The standard InChI is InChI=1S/C30H41N7O7/c1-2-44-30(42)37-15-13-36(14-16-37)29(41)23(9-10-26(38)39)33-28(40)24-21-25(31-11-6-12-35-17-19-43-20-18-35)34-27(32-24)22-7-4-3-5-8-22/h3-5,7-8,21,23H,2,6,9-20H2,1H3,(H,33,40)(H,38,39)(H,31,32,34)/t23-/m0/s1. The summed E-state index contributed by atoms with van der Waals surface area (Å²) < 4.78 is 10.4. The van der Waals surface area contributed by atoms with E-state index in [9.17, 15) is 24.3 Å². The van der Waals surface area contributed by atoms with Crippen LogP contribution in [0.2, 0.25) is 0 Å². The molecule has 44 heavy (non-hydrogen) atoms. The average Bonchev–Trinajstić information content (AvgIpc) is 3.05. The lowest BCUT2D eigenvalue weighted by Crippen LogP contribution is -2.56. The molecule has 0 aliphatic carbocycles. The highest BCUT2D eigenvalue weighted by atomic mass is 16.6. The number of rotatable bonds is 13. The third kappa shape index (κ3) is 9.61. The van der Waals surface area contributed by atoms with Crippen molar-refractivity contribution in [1.82, 2.24) is 30.0 Å². The molecule has 0 saturated carbocycles. The molecule has 2 saturated heterocycles. The number of hydrogen-bond donors (Lipinski definition) is 3. The van der Waals surface area contributed by atoms with E-state index < -0.39 is 29.9 Å². The zero-order valence-electron chi connectivity index (χ0n) is 25.1. The number of aliphatic carboxylic acids is 1. The van der Waals surface area contributed by atoms with Crippen LogP contribution in [0.5, 0.6) is 0 Å². The minimum Gasteiger partial charge on any atom is -0.481 e. The first-order chi connectivity index (χ1) is 21.3. The highest BCUT2D eigenvalue weighted by Crippen LogP contribution is 2.19. The maximum absolute atomic E-state index is 13.5. The zero-order chi connectivity index (χ0) is 31.3.